The van der Waals surface area contributed by atoms with Crippen LogP contribution in [0.5, 0.6) is 0 Å². The van der Waals surface area contributed by atoms with Crippen LogP contribution in [0.15, 0.2) is 35.2 Å². The number of hydrogen-bond acceptors (Lipinski definition) is 3. The summed E-state index contributed by atoms with van der Waals surface area (Å²) in [4.78, 5) is 10.6. The number of carboxylic acids is 1. The number of carboxylic acid groups (broad SMARTS) is 1. The van der Waals surface area contributed by atoms with Gasteiger partial charge in [-0.1, -0.05) is 25.1 Å². The molecule has 0 aliphatic rings. The van der Waals surface area contributed by atoms with Crippen molar-refractivity contribution in [1.29, 1.82) is 0 Å². The minimum Gasteiger partial charge on any atom is -0.481 e. The van der Waals surface area contributed by atoms with Crippen molar-refractivity contribution < 1.29 is 18.3 Å². The molecule has 1 aromatic carbocycles. The number of nitrogens with one attached hydrogen (secondary N) is 1. The minimum atomic E-state index is -3.60. The van der Waals surface area contributed by atoms with Gasteiger partial charge in [-0.25, -0.2) is 13.1 Å². The molecule has 0 aromatic heterocycles. The van der Waals surface area contributed by atoms with E-state index in [1.165, 1.54) is 19.1 Å². The lowest BCUT2D eigenvalue weighted by molar-refractivity contribution is -0.140. The topological polar surface area (TPSA) is 83.5 Å². The number of benzene rings is 1. The number of hydrogen-bond donors (Lipinski definition) is 2. The van der Waals surface area contributed by atoms with Crippen LogP contribution < -0.4 is 4.72 Å². The van der Waals surface area contributed by atoms with Gasteiger partial charge in [-0.05, 0) is 12.1 Å². The smallest absolute Gasteiger partial charge is 0.307 e. The maximum atomic E-state index is 11.7. The van der Waals surface area contributed by atoms with Crippen molar-refractivity contribution in [2.45, 2.75) is 11.8 Å². The van der Waals surface area contributed by atoms with E-state index in [-0.39, 0.29) is 11.4 Å². The van der Waals surface area contributed by atoms with Crippen molar-refractivity contribution in [3.8, 4) is 0 Å². The molecule has 2 N–H and O–H groups in total. The Balaban J connectivity index is 2.71. The van der Waals surface area contributed by atoms with Crippen LogP contribution in [0.1, 0.15) is 6.92 Å². The van der Waals surface area contributed by atoms with Gasteiger partial charge in [0.15, 0.2) is 0 Å². The van der Waals surface area contributed by atoms with Crippen molar-refractivity contribution in [2.75, 3.05) is 6.54 Å². The molecule has 1 atom stereocenters. The lowest BCUT2D eigenvalue weighted by Crippen LogP contribution is -2.31. The van der Waals surface area contributed by atoms with Gasteiger partial charge in [0, 0.05) is 6.54 Å². The van der Waals surface area contributed by atoms with Gasteiger partial charge in [0.05, 0.1) is 10.8 Å². The Hall–Kier alpha value is -1.40. The van der Waals surface area contributed by atoms with Crippen molar-refractivity contribution in [3.63, 3.8) is 0 Å². The maximum Gasteiger partial charge on any atom is 0.307 e. The predicted molar refractivity (Wildman–Crippen MR) is 58.4 cm³/mol. The lowest BCUT2D eigenvalue weighted by atomic mass is 10.2. The van der Waals surface area contributed by atoms with E-state index in [0.717, 1.165) is 0 Å². The highest BCUT2D eigenvalue weighted by molar-refractivity contribution is 7.89. The highest BCUT2D eigenvalue weighted by atomic mass is 32.2. The van der Waals surface area contributed by atoms with Gasteiger partial charge in [0.2, 0.25) is 10.0 Å². The van der Waals surface area contributed by atoms with E-state index in [0.29, 0.717) is 0 Å². The largest absolute Gasteiger partial charge is 0.481 e. The van der Waals surface area contributed by atoms with Crippen molar-refractivity contribution in [1.82, 2.24) is 4.72 Å². The third-order valence-corrected chi connectivity index (χ3v) is 3.49. The first-order chi connectivity index (χ1) is 7.43. The summed E-state index contributed by atoms with van der Waals surface area (Å²) in [5.41, 5.74) is 0. The van der Waals surface area contributed by atoms with Crippen LogP contribution >= 0.6 is 0 Å². The number of sulfonamides is 1. The first-order valence-electron chi connectivity index (χ1n) is 4.71. The number of aliphatic carboxylic acids is 1. The highest BCUT2D eigenvalue weighted by Crippen LogP contribution is 2.07. The fourth-order valence-electron chi connectivity index (χ4n) is 1.00. The normalized spacial score (nSPS) is 13.3. The number of rotatable bonds is 5. The van der Waals surface area contributed by atoms with E-state index < -0.39 is 21.9 Å². The molecule has 0 saturated heterocycles. The molecule has 0 amide bonds. The predicted octanol–water partition coefficient (Wildman–Crippen LogP) is 0.686. The third-order valence-electron chi connectivity index (χ3n) is 2.05. The minimum absolute atomic E-state index is 0.118. The summed E-state index contributed by atoms with van der Waals surface area (Å²) < 4.78 is 25.6. The van der Waals surface area contributed by atoms with E-state index in [1.54, 1.807) is 18.2 Å². The zero-order valence-electron chi connectivity index (χ0n) is 8.75. The fraction of sp³-hybridized carbons (Fsp3) is 0.300. The molecule has 0 radical (unpaired) electrons. The van der Waals surface area contributed by atoms with E-state index in [2.05, 4.69) is 4.72 Å². The van der Waals surface area contributed by atoms with Crippen LogP contribution in [-0.4, -0.2) is 26.0 Å². The first kappa shape index (κ1) is 12.7. The molecule has 6 heteroatoms. The Kier molecular flexibility index (Phi) is 4.03. The SMILES string of the molecule is C[C@H](CNS(=O)(=O)c1ccccc1)C(=O)O. The maximum absolute atomic E-state index is 11.7. The zero-order valence-corrected chi connectivity index (χ0v) is 9.57. The van der Waals surface area contributed by atoms with E-state index in [1.807, 2.05) is 0 Å². The summed E-state index contributed by atoms with van der Waals surface area (Å²) in [7, 11) is -3.60. The van der Waals surface area contributed by atoms with Crippen LogP contribution in [0.25, 0.3) is 0 Å². The molecule has 1 aromatic rings. The second-order valence-corrected chi connectivity index (χ2v) is 5.17. The molecule has 0 aliphatic carbocycles. The standard InChI is InChI=1S/C10H13NO4S/c1-8(10(12)13)7-11-16(14,15)9-5-3-2-4-6-9/h2-6,8,11H,7H2,1H3,(H,12,13)/t8-/m1/s1. The molecule has 5 nitrogen and oxygen atoms in total. The van der Waals surface area contributed by atoms with E-state index >= 15 is 0 Å². The van der Waals surface area contributed by atoms with Crippen molar-refractivity contribution in [3.05, 3.63) is 30.3 Å². The van der Waals surface area contributed by atoms with Gasteiger partial charge in [-0.3, -0.25) is 4.79 Å². The molecule has 88 valence electrons. The average Bonchev–Trinajstić information content (AvgIpc) is 2.27. The Morgan fingerprint density at radius 1 is 1.38 bits per heavy atom. The van der Waals surface area contributed by atoms with Gasteiger partial charge in [-0.2, -0.15) is 0 Å². The summed E-state index contributed by atoms with van der Waals surface area (Å²) in [5.74, 6) is -1.78. The monoisotopic (exact) mass is 243 g/mol. The summed E-state index contributed by atoms with van der Waals surface area (Å²) in [6.45, 7) is 1.32. The van der Waals surface area contributed by atoms with Crippen LogP contribution in [0.3, 0.4) is 0 Å². The zero-order chi connectivity index (χ0) is 12.2. The Labute approximate surface area is 94.2 Å². The van der Waals surface area contributed by atoms with E-state index in [4.69, 9.17) is 5.11 Å². The fourth-order valence-corrected chi connectivity index (χ4v) is 2.16. The molecule has 0 bridgehead atoms. The van der Waals surface area contributed by atoms with Crippen LogP contribution in [0.2, 0.25) is 0 Å². The molecule has 0 heterocycles. The van der Waals surface area contributed by atoms with Crippen LogP contribution in [0.4, 0.5) is 0 Å². The summed E-state index contributed by atoms with van der Waals surface area (Å²) in [6.07, 6.45) is 0. The molecule has 0 aliphatic heterocycles. The molecular weight excluding hydrogens is 230 g/mol. The van der Waals surface area contributed by atoms with Crippen LogP contribution in [0, 0.1) is 5.92 Å². The highest BCUT2D eigenvalue weighted by Gasteiger charge is 2.17. The average molecular weight is 243 g/mol. The van der Waals surface area contributed by atoms with Crippen molar-refractivity contribution in [2.24, 2.45) is 5.92 Å². The molecule has 0 fully saturated rings. The molecule has 0 unspecified atom stereocenters. The summed E-state index contributed by atoms with van der Waals surface area (Å²) in [5, 5.41) is 8.61. The van der Waals surface area contributed by atoms with Gasteiger partial charge >= 0.3 is 5.97 Å². The van der Waals surface area contributed by atoms with Crippen molar-refractivity contribution >= 4 is 16.0 Å². The third kappa shape index (κ3) is 3.32. The number of carbonyl (C=O) groups is 1. The van der Waals surface area contributed by atoms with Crippen LogP contribution in [-0.2, 0) is 14.8 Å². The van der Waals surface area contributed by atoms with Gasteiger partial charge in [-0.15, -0.1) is 0 Å². The molecule has 1 rings (SSSR count). The molecular formula is C10H13NO4S. The molecule has 0 spiro atoms. The molecule has 16 heavy (non-hydrogen) atoms. The summed E-state index contributed by atoms with van der Waals surface area (Å²) in [6, 6.07) is 7.82. The quantitative estimate of drug-likeness (QED) is 0.796. The van der Waals surface area contributed by atoms with Gasteiger partial charge < -0.3 is 5.11 Å². The second-order valence-electron chi connectivity index (χ2n) is 3.40. The Bertz CT molecular complexity index is 455. The first-order valence-corrected chi connectivity index (χ1v) is 6.19. The second kappa shape index (κ2) is 5.09. The Morgan fingerprint density at radius 3 is 2.44 bits per heavy atom. The Morgan fingerprint density at radius 2 is 1.94 bits per heavy atom. The summed E-state index contributed by atoms with van der Waals surface area (Å²) >= 11 is 0. The lowest BCUT2D eigenvalue weighted by Gasteiger charge is -2.08. The van der Waals surface area contributed by atoms with Gasteiger partial charge in [0.25, 0.3) is 0 Å². The van der Waals surface area contributed by atoms with E-state index in [9.17, 15) is 13.2 Å². The van der Waals surface area contributed by atoms with Gasteiger partial charge in [0.1, 0.15) is 0 Å². The molecule has 0 saturated carbocycles.